The second-order valence-corrected chi connectivity index (χ2v) is 11.9. The van der Waals surface area contributed by atoms with Crippen LogP contribution >= 0.6 is 0 Å². The Labute approximate surface area is 210 Å². The fourth-order valence-corrected chi connectivity index (χ4v) is 7.41. The third-order valence-electron chi connectivity index (χ3n) is 7.17. The summed E-state index contributed by atoms with van der Waals surface area (Å²) in [6, 6.07) is 18.6. The first-order valence-electron chi connectivity index (χ1n) is 12.7. The van der Waals surface area contributed by atoms with Crippen LogP contribution in [0.5, 0.6) is 5.75 Å². The standard InChI is InChI=1S/C30H37NO3S/c1-22-18-23(2)30(24(3)19-22)35(33,34)31(21-27-12-7-13-29(32)20-27)28-16-14-26(15-17-28)11-6-10-25-8-4-5-9-25/h7,12-20,25,32H,4-6,8-11,21H2,1-3H3. The number of anilines is 1. The van der Waals surface area contributed by atoms with Crippen LogP contribution in [0, 0.1) is 26.7 Å². The maximum Gasteiger partial charge on any atom is 0.265 e. The van der Waals surface area contributed by atoms with Crippen molar-refractivity contribution in [1.82, 2.24) is 0 Å². The number of hydrogen-bond acceptors (Lipinski definition) is 3. The average molecular weight is 492 g/mol. The van der Waals surface area contributed by atoms with Crippen molar-refractivity contribution in [1.29, 1.82) is 0 Å². The molecule has 0 aliphatic heterocycles. The molecular formula is C30H37NO3S. The Bertz CT molecular complexity index is 1240. The molecule has 1 fully saturated rings. The van der Waals surface area contributed by atoms with E-state index in [0.29, 0.717) is 10.6 Å². The first-order chi connectivity index (χ1) is 16.7. The second kappa shape index (κ2) is 10.9. The molecule has 4 nitrogen and oxygen atoms in total. The molecule has 5 heteroatoms. The van der Waals surface area contributed by atoms with Gasteiger partial charge in [-0.2, -0.15) is 0 Å². The van der Waals surface area contributed by atoms with Gasteiger partial charge in [0.05, 0.1) is 17.1 Å². The third kappa shape index (κ3) is 6.07. The van der Waals surface area contributed by atoms with Crippen molar-refractivity contribution >= 4 is 15.7 Å². The van der Waals surface area contributed by atoms with Crippen molar-refractivity contribution in [2.75, 3.05) is 4.31 Å². The zero-order valence-corrected chi connectivity index (χ0v) is 21.9. The van der Waals surface area contributed by atoms with Crippen LogP contribution in [-0.4, -0.2) is 13.5 Å². The van der Waals surface area contributed by atoms with E-state index >= 15 is 0 Å². The van der Waals surface area contributed by atoms with Gasteiger partial charge in [-0.25, -0.2) is 8.42 Å². The van der Waals surface area contributed by atoms with Gasteiger partial charge in [-0.15, -0.1) is 0 Å². The van der Waals surface area contributed by atoms with Gasteiger partial charge in [-0.1, -0.05) is 74.1 Å². The van der Waals surface area contributed by atoms with Crippen LogP contribution < -0.4 is 4.31 Å². The second-order valence-electron chi connectivity index (χ2n) is 10.1. The van der Waals surface area contributed by atoms with Crippen LogP contribution in [-0.2, 0) is 23.0 Å². The summed E-state index contributed by atoms with van der Waals surface area (Å²) in [6.07, 6.45) is 8.98. The monoisotopic (exact) mass is 491 g/mol. The van der Waals surface area contributed by atoms with Crippen LogP contribution in [0.15, 0.2) is 65.6 Å². The average Bonchev–Trinajstić information content (AvgIpc) is 3.31. The summed E-state index contributed by atoms with van der Waals surface area (Å²) in [5.41, 5.74) is 5.13. The van der Waals surface area contributed by atoms with E-state index in [-0.39, 0.29) is 12.3 Å². The minimum Gasteiger partial charge on any atom is -0.508 e. The van der Waals surface area contributed by atoms with Gasteiger partial charge in [0.2, 0.25) is 0 Å². The smallest absolute Gasteiger partial charge is 0.265 e. The fourth-order valence-electron chi connectivity index (χ4n) is 5.54. The predicted molar refractivity (Wildman–Crippen MR) is 143 cm³/mol. The number of aromatic hydroxyl groups is 1. The maximum atomic E-state index is 14.0. The molecule has 35 heavy (non-hydrogen) atoms. The van der Waals surface area contributed by atoms with E-state index in [0.717, 1.165) is 34.6 Å². The number of phenolic OH excluding ortho intramolecular Hbond substituents is 1. The van der Waals surface area contributed by atoms with Crippen LogP contribution in [0.1, 0.15) is 66.3 Å². The van der Waals surface area contributed by atoms with Gasteiger partial charge in [-0.05, 0) is 86.1 Å². The molecule has 1 aliphatic rings. The van der Waals surface area contributed by atoms with Gasteiger partial charge >= 0.3 is 0 Å². The number of aryl methyl sites for hydroxylation is 4. The molecule has 3 aromatic carbocycles. The summed E-state index contributed by atoms with van der Waals surface area (Å²) in [6.45, 7) is 5.83. The molecule has 1 saturated carbocycles. The molecule has 0 unspecified atom stereocenters. The normalized spacial score (nSPS) is 14.4. The lowest BCUT2D eigenvalue weighted by atomic mass is 9.98. The summed E-state index contributed by atoms with van der Waals surface area (Å²) < 4.78 is 29.6. The molecule has 0 saturated heterocycles. The third-order valence-corrected chi connectivity index (χ3v) is 9.25. The lowest BCUT2D eigenvalue weighted by Crippen LogP contribution is -2.31. The minimum atomic E-state index is -3.83. The molecule has 0 radical (unpaired) electrons. The van der Waals surface area contributed by atoms with E-state index in [1.165, 1.54) is 48.4 Å². The topological polar surface area (TPSA) is 57.6 Å². The highest BCUT2D eigenvalue weighted by Gasteiger charge is 2.29. The summed E-state index contributed by atoms with van der Waals surface area (Å²) in [4.78, 5) is 0.351. The summed E-state index contributed by atoms with van der Waals surface area (Å²) >= 11 is 0. The van der Waals surface area contributed by atoms with Crippen molar-refractivity contribution in [2.45, 2.75) is 77.2 Å². The van der Waals surface area contributed by atoms with E-state index in [4.69, 9.17) is 0 Å². The number of sulfonamides is 1. The molecule has 1 N–H and O–H groups in total. The van der Waals surface area contributed by atoms with Gasteiger partial charge in [0.15, 0.2) is 0 Å². The first kappa shape index (κ1) is 25.3. The summed E-state index contributed by atoms with van der Waals surface area (Å²) in [5, 5.41) is 9.96. The molecule has 0 atom stereocenters. The fraction of sp³-hybridized carbons (Fsp3) is 0.400. The highest BCUT2D eigenvalue weighted by molar-refractivity contribution is 7.92. The number of rotatable bonds is 9. The van der Waals surface area contributed by atoms with E-state index in [1.54, 1.807) is 18.2 Å². The van der Waals surface area contributed by atoms with Crippen molar-refractivity contribution in [2.24, 2.45) is 5.92 Å². The Morgan fingerprint density at radius 3 is 2.17 bits per heavy atom. The van der Waals surface area contributed by atoms with Gasteiger partial charge in [-0.3, -0.25) is 4.31 Å². The molecule has 3 aromatic rings. The Kier molecular flexibility index (Phi) is 7.85. The molecule has 0 heterocycles. The zero-order valence-electron chi connectivity index (χ0n) is 21.1. The van der Waals surface area contributed by atoms with Crippen LogP contribution in [0.25, 0.3) is 0 Å². The van der Waals surface area contributed by atoms with Gasteiger partial charge < -0.3 is 5.11 Å². The minimum absolute atomic E-state index is 0.125. The first-order valence-corrected chi connectivity index (χ1v) is 14.2. The van der Waals surface area contributed by atoms with Gasteiger partial charge in [0, 0.05) is 0 Å². The SMILES string of the molecule is Cc1cc(C)c(S(=O)(=O)N(Cc2cccc(O)c2)c2ccc(CCCC3CCCC3)cc2)c(C)c1. The Morgan fingerprint density at radius 2 is 1.54 bits per heavy atom. The van der Waals surface area contributed by atoms with Crippen molar-refractivity contribution in [3.63, 3.8) is 0 Å². The molecular weight excluding hydrogens is 454 g/mol. The number of benzene rings is 3. The molecule has 0 aromatic heterocycles. The van der Waals surface area contributed by atoms with Crippen molar-refractivity contribution in [3.05, 3.63) is 88.5 Å². The predicted octanol–water partition coefficient (Wildman–Crippen LogP) is 7.23. The largest absolute Gasteiger partial charge is 0.508 e. The summed E-state index contributed by atoms with van der Waals surface area (Å²) in [7, 11) is -3.83. The van der Waals surface area contributed by atoms with Gasteiger partial charge in [0.25, 0.3) is 10.0 Å². The van der Waals surface area contributed by atoms with E-state index in [2.05, 4.69) is 12.1 Å². The van der Waals surface area contributed by atoms with E-state index in [9.17, 15) is 13.5 Å². The number of hydrogen-bond donors (Lipinski definition) is 1. The number of nitrogens with zero attached hydrogens (tertiary/aromatic N) is 1. The zero-order chi connectivity index (χ0) is 25.0. The Balaban J connectivity index is 1.63. The molecule has 4 rings (SSSR count). The highest BCUT2D eigenvalue weighted by Crippen LogP contribution is 2.32. The lowest BCUT2D eigenvalue weighted by molar-refractivity contribution is 0.474. The van der Waals surface area contributed by atoms with Crippen molar-refractivity contribution in [3.8, 4) is 5.75 Å². The van der Waals surface area contributed by atoms with E-state index < -0.39 is 10.0 Å². The molecule has 1 aliphatic carbocycles. The molecule has 0 amide bonds. The van der Waals surface area contributed by atoms with Crippen molar-refractivity contribution < 1.29 is 13.5 Å². The van der Waals surface area contributed by atoms with Crippen LogP contribution in [0.3, 0.4) is 0 Å². The van der Waals surface area contributed by atoms with Gasteiger partial charge in [0.1, 0.15) is 5.75 Å². The molecule has 186 valence electrons. The quantitative estimate of drug-likeness (QED) is 0.344. The van der Waals surface area contributed by atoms with Crippen LogP contribution in [0.4, 0.5) is 5.69 Å². The maximum absolute atomic E-state index is 14.0. The molecule has 0 spiro atoms. The number of phenols is 1. The van der Waals surface area contributed by atoms with Crippen LogP contribution in [0.2, 0.25) is 0 Å². The molecule has 0 bridgehead atoms. The Morgan fingerprint density at radius 1 is 0.886 bits per heavy atom. The highest BCUT2D eigenvalue weighted by atomic mass is 32.2. The summed E-state index contributed by atoms with van der Waals surface area (Å²) in [5.74, 6) is 1.01. The Hall–Kier alpha value is -2.79. The van der Waals surface area contributed by atoms with E-state index in [1.807, 2.05) is 51.1 Å². The lowest BCUT2D eigenvalue weighted by Gasteiger charge is -2.27.